The van der Waals surface area contributed by atoms with Crippen molar-refractivity contribution in [3.63, 3.8) is 0 Å². The number of rotatable bonds is 7. The molecule has 0 aliphatic carbocycles. The van der Waals surface area contributed by atoms with E-state index < -0.39 is 10.0 Å². The van der Waals surface area contributed by atoms with Gasteiger partial charge in [-0.15, -0.1) is 0 Å². The fourth-order valence-corrected chi connectivity index (χ4v) is 3.10. The fraction of sp³-hybridized carbons (Fsp3) is 0.538. The molecule has 0 amide bonds. The van der Waals surface area contributed by atoms with E-state index in [0.717, 1.165) is 6.42 Å². The van der Waals surface area contributed by atoms with Crippen LogP contribution in [0.5, 0.6) is 0 Å². The van der Waals surface area contributed by atoms with Crippen LogP contribution in [0, 0.1) is 5.41 Å². The minimum Gasteiger partial charge on any atom is -0.397 e. The molecule has 114 valence electrons. The summed E-state index contributed by atoms with van der Waals surface area (Å²) in [6.07, 6.45) is 1.37. The SMILES string of the molecule is CC(C)(CCCO)CNS(=O)(=O)c1ccc(Cl)c(N)c1. The second-order valence-corrected chi connectivity index (χ2v) is 7.67. The Morgan fingerprint density at radius 2 is 2.05 bits per heavy atom. The number of hydrogen-bond acceptors (Lipinski definition) is 4. The first-order chi connectivity index (χ1) is 9.18. The van der Waals surface area contributed by atoms with Crippen LogP contribution in [0.1, 0.15) is 26.7 Å². The molecule has 0 saturated carbocycles. The predicted molar refractivity (Wildman–Crippen MR) is 81.2 cm³/mol. The molecule has 7 heteroatoms. The molecular formula is C13H21ClN2O3S. The van der Waals surface area contributed by atoms with Crippen molar-refractivity contribution in [2.75, 3.05) is 18.9 Å². The molecule has 4 N–H and O–H groups in total. The first-order valence-electron chi connectivity index (χ1n) is 6.33. The minimum atomic E-state index is -3.61. The normalized spacial score (nSPS) is 12.6. The number of sulfonamides is 1. The van der Waals surface area contributed by atoms with Gasteiger partial charge >= 0.3 is 0 Å². The molecule has 1 rings (SSSR count). The molecule has 0 aliphatic heterocycles. The van der Waals surface area contributed by atoms with Crippen LogP contribution in [0.3, 0.4) is 0 Å². The van der Waals surface area contributed by atoms with Crippen LogP contribution in [-0.2, 0) is 10.0 Å². The number of halogens is 1. The maximum absolute atomic E-state index is 12.2. The van der Waals surface area contributed by atoms with Gasteiger partial charge in [0.25, 0.3) is 0 Å². The number of nitrogens with two attached hydrogens (primary N) is 1. The predicted octanol–water partition coefficient (Wildman–Crippen LogP) is 2.00. The van der Waals surface area contributed by atoms with E-state index >= 15 is 0 Å². The second-order valence-electron chi connectivity index (χ2n) is 5.50. The number of hydrogen-bond donors (Lipinski definition) is 3. The summed E-state index contributed by atoms with van der Waals surface area (Å²) in [5, 5.41) is 9.15. The van der Waals surface area contributed by atoms with Gasteiger partial charge in [-0.1, -0.05) is 25.4 Å². The van der Waals surface area contributed by atoms with Crippen molar-refractivity contribution >= 4 is 27.3 Å². The number of anilines is 1. The molecule has 0 unspecified atom stereocenters. The van der Waals surface area contributed by atoms with Crippen LogP contribution in [-0.4, -0.2) is 26.7 Å². The molecule has 0 atom stereocenters. The summed E-state index contributed by atoms with van der Waals surface area (Å²) in [7, 11) is -3.61. The first kappa shape index (κ1) is 17.2. The molecule has 1 aromatic carbocycles. The topological polar surface area (TPSA) is 92.4 Å². The fourth-order valence-electron chi connectivity index (χ4n) is 1.71. The Hall–Kier alpha value is -0.820. The monoisotopic (exact) mass is 320 g/mol. The Morgan fingerprint density at radius 1 is 1.40 bits per heavy atom. The summed E-state index contributed by atoms with van der Waals surface area (Å²) in [6, 6.07) is 4.22. The van der Waals surface area contributed by atoms with Crippen LogP contribution < -0.4 is 10.5 Å². The van der Waals surface area contributed by atoms with Crippen LogP contribution in [0.4, 0.5) is 5.69 Å². The van der Waals surface area contributed by atoms with Gasteiger partial charge in [0.15, 0.2) is 0 Å². The number of aliphatic hydroxyl groups excluding tert-OH is 1. The van der Waals surface area contributed by atoms with Crippen molar-refractivity contribution in [2.24, 2.45) is 5.41 Å². The van der Waals surface area contributed by atoms with Gasteiger partial charge in [0.2, 0.25) is 10.0 Å². The third-order valence-electron chi connectivity index (χ3n) is 3.03. The van der Waals surface area contributed by atoms with Crippen LogP contribution in [0.15, 0.2) is 23.1 Å². The zero-order valence-corrected chi connectivity index (χ0v) is 13.3. The Bertz CT molecular complexity index is 559. The highest BCUT2D eigenvalue weighted by Gasteiger charge is 2.22. The Labute approximate surface area is 125 Å². The second kappa shape index (κ2) is 6.76. The summed E-state index contributed by atoms with van der Waals surface area (Å²) >= 11 is 5.77. The Morgan fingerprint density at radius 3 is 2.60 bits per heavy atom. The number of benzene rings is 1. The van der Waals surface area contributed by atoms with Crippen molar-refractivity contribution in [2.45, 2.75) is 31.6 Å². The lowest BCUT2D eigenvalue weighted by molar-refractivity contribution is 0.242. The standard InChI is InChI=1S/C13H21ClN2O3S/c1-13(2,6-3-7-17)9-16-20(18,19)10-4-5-11(14)12(15)8-10/h4-5,8,16-17H,3,6-7,9,15H2,1-2H3. The van der Waals surface area contributed by atoms with E-state index in [9.17, 15) is 8.42 Å². The lowest BCUT2D eigenvalue weighted by atomic mass is 9.88. The van der Waals surface area contributed by atoms with E-state index in [0.29, 0.717) is 11.4 Å². The zero-order valence-electron chi connectivity index (χ0n) is 11.7. The molecular weight excluding hydrogens is 300 g/mol. The maximum Gasteiger partial charge on any atom is 0.240 e. The highest BCUT2D eigenvalue weighted by Crippen LogP contribution is 2.24. The molecule has 0 aliphatic rings. The van der Waals surface area contributed by atoms with Crippen molar-refractivity contribution in [3.8, 4) is 0 Å². The van der Waals surface area contributed by atoms with Crippen molar-refractivity contribution in [1.82, 2.24) is 4.72 Å². The van der Waals surface area contributed by atoms with Gasteiger partial charge in [0.1, 0.15) is 0 Å². The summed E-state index contributed by atoms with van der Waals surface area (Å²) in [4.78, 5) is 0.0948. The zero-order chi connectivity index (χ0) is 15.4. The van der Waals surface area contributed by atoms with Gasteiger partial charge in [-0.25, -0.2) is 13.1 Å². The van der Waals surface area contributed by atoms with Gasteiger partial charge in [0, 0.05) is 13.2 Å². The van der Waals surface area contributed by atoms with E-state index in [1.54, 1.807) is 0 Å². The molecule has 0 spiro atoms. The van der Waals surface area contributed by atoms with E-state index in [1.807, 2.05) is 13.8 Å². The van der Waals surface area contributed by atoms with Gasteiger partial charge in [-0.3, -0.25) is 0 Å². The van der Waals surface area contributed by atoms with E-state index in [4.69, 9.17) is 22.4 Å². The maximum atomic E-state index is 12.2. The number of nitrogen functional groups attached to an aromatic ring is 1. The third kappa shape index (κ3) is 4.94. The average molecular weight is 321 g/mol. The molecule has 0 radical (unpaired) electrons. The van der Waals surface area contributed by atoms with Gasteiger partial charge in [-0.05, 0) is 36.5 Å². The lowest BCUT2D eigenvalue weighted by Crippen LogP contribution is -2.34. The van der Waals surface area contributed by atoms with Crippen molar-refractivity contribution < 1.29 is 13.5 Å². The third-order valence-corrected chi connectivity index (χ3v) is 4.77. The molecule has 5 nitrogen and oxygen atoms in total. The summed E-state index contributed by atoms with van der Waals surface area (Å²) in [6.45, 7) is 4.28. The summed E-state index contributed by atoms with van der Waals surface area (Å²) in [5.41, 5.74) is 5.62. The quantitative estimate of drug-likeness (QED) is 0.670. The van der Waals surface area contributed by atoms with E-state index in [2.05, 4.69) is 4.72 Å². The highest BCUT2D eigenvalue weighted by molar-refractivity contribution is 7.89. The van der Waals surface area contributed by atoms with E-state index in [1.165, 1.54) is 18.2 Å². The van der Waals surface area contributed by atoms with Crippen LogP contribution in [0.2, 0.25) is 5.02 Å². The minimum absolute atomic E-state index is 0.0948. The van der Waals surface area contributed by atoms with Crippen LogP contribution >= 0.6 is 11.6 Å². The number of nitrogens with one attached hydrogen (secondary N) is 1. The van der Waals surface area contributed by atoms with Gasteiger partial charge < -0.3 is 10.8 Å². The largest absolute Gasteiger partial charge is 0.397 e. The summed E-state index contributed by atoms with van der Waals surface area (Å²) < 4.78 is 26.9. The lowest BCUT2D eigenvalue weighted by Gasteiger charge is -2.24. The molecule has 1 aromatic rings. The molecule has 0 heterocycles. The van der Waals surface area contributed by atoms with Gasteiger partial charge in [0.05, 0.1) is 15.6 Å². The summed E-state index contributed by atoms with van der Waals surface area (Å²) in [5.74, 6) is 0. The Balaban J connectivity index is 2.77. The molecule has 0 saturated heterocycles. The molecule has 0 fully saturated rings. The van der Waals surface area contributed by atoms with E-state index in [-0.39, 0.29) is 29.1 Å². The smallest absolute Gasteiger partial charge is 0.240 e. The highest BCUT2D eigenvalue weighted by atomic mass is 35.5. The molecule has 0 aromatic heterocycles. The van der Waals surface area contributed by atoms with Crippen LogP contribution in [0.25, 0.3) is 0 Å². The Kier molecular flexibility index (Phi) is 5.82. The molecule has 0 bridgehead atoms. The average Bonchev–Trinajstić information content (AvgIpc) is 2.37. The van der Waals surface area contributed by atoms with Gasteiger partial charge in [-0.2, -0.15) is 0 Å². The first-order valence-corrected chi connectivity index (χ1v) is 8.20. The van der Waals surface area contributed by atoms with Crippen molar-refractivity contribution in [3.05, 3.63) is 23.2 Å². The molecule has 20 heavy (non-hydrogen) atoms. The van der Waals surface area contributed by atoms with Crippen molar-refractivity contribution in [1.29, 1.82) is 0 Å². The number of aliphatic hydroxyl groups is 1.